The van der Waals surface area contributed by atoms with E-state index in [1.54, 1.807) is 0 Å². The normalized spacial score (nSPS) is 12.5. The molecule has 1 nitrogen and oxygen atoms in total. The van der Waals surface area contributed by atoms with Gasteiger partial charge in [0.15, 0.2) is 0 Å². The van der Waals surface area contributed by atoms with E-state index in [9.17, 15) is 0 Å². The van der Waals surface area contributed by atoms with Crippen LogP contribution >= 0.6 is 0 Å². The van der Waals surface area contributed by atoms with Crippen LogP contribution in [0.2, 0.25) is 0 Å². The van der Waals surface area contributed by atoms with Crippen molar-refractivity contribution in [1.29, 1.82) is 0 Å². The third-order valence-corrected chi connectivity index (χ3v) is 12.3. The van der Waals surface area contributed by atoms with Crippen LogP contribution in [-0.2, 0) is 5.41 Å². The number of anilines is 3. The zero-order chi connectivity index (χ0) is 39.9. The molecule has 282 valence electrons. The summed E-state index contributed by atoms with van der Waals surface area (Å²) < 4.78 is 0. The molecule has 0 heterocycles. The first-order valence-electron chi connectivity index (χ1n) is 20.8. The van der Waals surface area contributed by atoms with Crippen molar-refractivity contribution in [1.82, 2.24) is 0 Å². The number of benzene rings is 10. The Balaban J connectivity index is 1.14. The van der Waals surface area contributed by atoms with Gasteiger partial charge in [0.25, 0.3) is 0 Å². The summed E-state index contributed by atoms with van der Waals surface area (Å²) in [4.78, 5) is 2.44. The van der Waals surface area contributed by atoms with Crippen LogP contribution in [0.15, 0.2) is 249 Å². The quantitative estimate of drug-likeness (QED) is 0.149. The second-order valence-corrected chi connectivity index (χ2v) is 15.7. The molecule has 11 rings (SSSR count). The van der Waals surface area contributed by atoms with Gasteiger partial charge < -0.3 is 4.90 Å². The van der Waals surface area contributed by atoms with Gasteiger partial charge in [-0.1, -0.05) is 206 Å². The van der Waals surface area contributed by atoms with Gasteiger partial charge in [0.05, 0.1) is 5.41 Å². The third-order valence-electron chi connectivity index (χ3n) is 12.3. The van der Waals surface area contributed by atoms with E-state index in [0.717, 1.165) is 17.1 Å². The van der Waals surface area contributed by atoms with Gasteiger partial charge in [0.1, 0.15) is 0 Å². The monoisotopic (exact) mass is 763 g/mol. The van der Waals surface area contributed by atoms with E-state index in [1.807, 2.05) is 0 Å². The van der Waals surface area contributed by atoms with Gasteiger partial charge in [0.2, 0.25) is 0 Å². The minimum atomic E-state index is -0.511. The Kier molecular flexibility index (Phi) is 8.79. The van der Waals surface area contributed by atoms with Gasteiger partial charge in [-0.2, -0.15) is 0 Å². The first-order chi connectivity index (χ1) is 29.8. The summed E-state index contributed by atoms with van der Waals surface area (Å²) in [6.07, 6.45) is 0. The van der Waals surface area contributed by atoms with Crippen LogP contribution in [0.1, 0.15) is 22.3 Å². The van der Waals surface area contributed by atoms with Gasteiger partial charge >= 0.3 is 0 Å². The lowest BCUT2D eigenvalue weighted by Crippen LogP contribution is -2.28. The van der Waals surface area contributed by atoms with E-state index in [0.29, 0.717) is 0 Å². The maximum Gasteiger partial charge on any atom is 0.0714 e. The maximum absolute atomic E-state index is 2.46. The van der Waals surface area contributed by atoms with Gasteiger partial charge in [-0.3, -0.25) is 0 Å². The van der Waals surface area contributed by atoms with Crippen LogP contribution in [-0.4, -0.2) is 0 Å². The summed E-state index contributed by atoms with van der Waals surface area (Å²) in [6.45, 7) is 0. The van der Waals surface area contributed by atoms with Crippen molar-refractivity contribution < 1.29 is 0 Å². The number of hydrogen-bond acceptors (Lipinski definition) is 1. The molecule has 0 saturated carbocycles. The second kappa shape index (κ2) is 14.9. The number of rotatable bonds is 8. The predicted molar refractivity (Wildman–Crippen MR) is 252 cm³/mol. The molecule has 0 aliphatic heterocycles. The Hall–Kier alpha value is -7.74. The van der Waals surface area contributed by atoms with Crippen LogP contribution in [0, 0.1) is 0 Å². The smallest absolute Gasteiger partial charge is 0.0714 e. The largest absolute Gasteiger partial charge is 0.310 e. The lowest BCUT2D eigenvalue weighted by Gasteiger charge is -2.35. The highest BCUT2D eigenvalue weighted by Crippen LogP contribution is 2.57. The molecule has 1 heteroatoms. The van der Waals surface area contributed by atoms with E-state index in [1.165, 1.54) is 77.5 Å². The summed E-state index contributed by atoms with van der Waals surface area (Å²) in [5.74, 6) is 0. The number of hydrogen-bond donors (Lipinski definition) is 0. The van der Waals surface area contributed by atoms with Crippen molar-refractivity contribution in [3.63, 3.8) is 0 Å². The predicted octanol–water partition coefficient (Wildman–Crippen LogP) is 15.7. The molecule has 0 saturated heterocycles. The summed E-state index contributed by atoms with van der Waals surface area (Å²) in [5, 5.41) is 2.49. The molecule has 0 fully saturated rings. The highest BCUT2D eigenvalue weighted by molar-refractivity contribution is 5.93. The van der Waals surface area contributed by atoms with Crippen LogP contribution in [0.3, 0.4) is 0 Å². The van der Waals surface area contributed by atoms with Gasteiger partial charge in [-0.05, 0) is 120 Å². The molecule has 0 spiro atoms. The first-order valence-corrected chi connectivity index (χ1v) is 20.8. The highest BCUT2D eigenvalue weighted by atomic mass is 15.1. The molecule has 0 aromatic heterocycles. The fourth-order valence-corrected chi connectivity index (χ4v) is 9.59. The van der Waals surface area contributed by atoms with Crippen molar-refractivity contribution in [2.45, 2.75) is 5.41 Å². The van der Waals surface area contributed by atoms with Crippen molar-refractivity contribution in [3.8, 4) is 44.5 Å². The van der Waals surface area contributed by atoms with Crippen LogP contribution < -0.4 is 4.90 Å². The molecule has 1 aliphatic rings. The Morgan fingerprint density at radius 1 is 0.250 bits per heavy atom. The van der Waals surface area contributed by atoms with Gasteiger partial charge in [-0.25, -0.2) is 0 Å². The standard InChI is InChI=1S/C59H41N/c1-5-18-44(19-6-1)53-37-35-51(40-56(53)45-20-7-2-8-21-45)60(50-33-31-43(32-34-50)47-30-29-42-17-13-14-22-46(42)39-47)52-36-38-55-54-27-15-16-28-57(54)59(58(55)41-52,48-23-9-3-10-24-48)49-25-11-4-12-26-49/h1-41H. The van der Waals surface area contributed by atoms with E-state index in [2.05, 4.69) is 254 Å². The summed E-state index contributed by atoms with van der Waals surface area (Å²) >= 11 is 0. The number of nitrogens with zero attached hydrogens (tertiary/aromatic N) is 1. The molecular formula is C59H41N. The topological polar surface area (TPSA) is 3.24 Å². The maximum atomic E-state index is 2.46. The fraction of sp³-hybridized carbons (Fsp3) is 0.0169. The Morgan fingerprint density at radius 3 is 1.40 bits per heavy atom. The summed E-state index contributed by atoms with van der Waals surface area (Å²) in [7, 11) is 0. The van der Waals surface area contributed by atoms with Gasteiger partial charge in [0, 0.05) is 17.1 Å². The van der Waals surface area contributed by atoms with Crippen LogP contribution in [0.4, 0.5) is 17.1 Å². The average Bonchev–Trinajstić information content (AvgIpc) is 3.63. The van der Waals surface area contributed by atoms with Gasteiger partial charge in [-0.15, -0.1) is 0 Å². The van der Waals surface area contributed by atoms with Crippen molar-refractivity contribution in [2.24, 2.45) is 0 Å². The fourth-order valence-electron chi connectivity index (χ4n) is 9.59. The zero-order valence-electron chi connectivity index (χ0n) is 33.1. The van der Waals surface area contributed by atoms with Crippen molar-refractivity contribution in [2.75, 3.05) is 4.90 Å². The minimum absolute atomic E-state index is 0.511. The lowest BCUT2D eigenvalue weighted by atomic mass is 9.67. The molecule has 60 heavy (non-hydrogen) atoms. The SMILES string of the molecule is c1ccc(-c2ccc(N(c3ccc(-c4ccc5ccccc5c4)cc3)c3ccc4c(c3)C(c3ccccc3)(c3ccccc3)c3ccccc3-4)cc2-c2ccccc2)cc1. The summed E-state index contributed by atoms with van der Waals surface area (Å²) in [5.41, 5.74) is 17.6. The first kappa shape index (κ1) is 35.4. The van der Waals surface area contributed by atoms with Crippen LogP contribution in [0.25, 0.3) is 55.3 Å². The third kappa shape index (κ3) is 5.94. The molecule has 1 aliphatic carbocycles. The second-order valence-electron chi connectivity index (χ2n) is 15.7. The van der Waals surface area contributed by atoms with Crippen molar-refractivity contribution in [3.05, 3.63) is 271 Å². The average molecular weight is 764 g/mol. The van der Waals surface area contributed by atoms with Crippen molar-refractivity contribution >= 4 is 27.8 Å². The molecule has 10 aromatic carbocycles. The molecule has 10 aromatic rings. The molecule has 0 atom stereocenters. The molecule has 0 N–H and O–H groups in total. The van der Waals surface area contributed by atoms with E-state index in [-0.39, 0.29) is 0 Å². The van der Waals surface area contributed by atoms with E-state index < -0.39 is 5.41 Å². The highest BCUT2D eigenvalue weighted by Gasteiger charge is 2.46. The Morgan fingerprint density at radius 2 is 0.733 bits per heavy atom. The molecule has 0 unspecified atom stereocenters. The zero-order valence-corrected chi connectivity index (χ0v) is 33.1. The minimum Gasteiger partial charge on any atom is -0.310 e. The molecule has 0 amide bonds. The van der Waals surface area contributed by atoms with E-state index >= 15 is 0 Å². The van der Waals surface area contributed by atoms with Crippen LogP contribution in [0.5, 0.6) is 0 Å². The number of fused-ring (bicyclic) bond motifs is 4. The molecular weight excluding hydrogens is 723 g/mol. The Bertz CT molecular complexity index is 3080. The van der Waals surface area contributed by atoms with E-state index in [4.69, 9.17) is 0 Å². The Labute approximate surface area is 352 Å². The summed E-state index contributed by atoms with van der Waals surface area (Å²) in [6, 6.07) is 91.1. The molecule has 0 bridgehead atoms. The molecule has 0 radical (unpaired) electrons. The lowest BCUT2D eigenvalue weighted by molar-refractivity contribution is 0.768.